The molecule has 0 atom stereocenters. The smallest absolute Gasteiger partial charge is 0.311 e. The van der Waals surface area contributed by atoms with E-state index in [1.54, 1.807) is 18.2 Å². The summed E-state index contributed by atoms with van der Waals surface area (Å²) in [5.74, 6) is 0.427. The van der Waals surface area contributed by atoms with E-state index < -0.39 is 11.9 Å². The van der Waals surface area contributed by atoms with Gasteiger partial charge in [-0.1, -0.05) is 31.0 Å². The van der Waals surface area contributed by atoms with Gasteiger partial charge >= 0.3 is 5.97 Å². The van der Waals surface area contributed by atoms with Crippen LogP contribution in [0.15, 0.2) is 35.9 Å². The summed E-state index contributed by atoms with van der Waals surface area (Å²) in [5.41, 5.74) is 2.43. The Bertz CT molecular complexity index is 1100. The summed E-state index contributed by atoms with van der Waals surface area (Å²) in [6.07, 6.45) is 3.88. The molecule has 0 radical (unpaired) electrons. The summed E-state index contributed by atoms with van der Waals surface area (Å²) in [6, 6.07) is 10.5. The van der Waals surface area contributed by atoms with Crippen LogP contribution >= 0.6 is 11.6 Å². The van der Waals surface area contributed by atoms with Crippen LogP contribution in [0.1, 0.15) is 49.3 Å². The minimum atomic E-state index is -0.429. The average molecular weight is 499 g/mol. The predicted molar refractivity (Wildman–Crippen MR) is 136 cm³/mol. The lowest BCUT2D eigenvalue weighted by atomic mass is 10.1. The third-order valence-corrected chi connectivity index (χ3v) is 5.70. The van der Waals surface area contributed by atoms with E-state index in [1.807, 2.05) is 39.0 Å². The Hall–Kier alpha value is -3.50. The van der Waals surface area contributed by atoms with Crippen LogP contribution in [0.4, 0.5) is 0 Å². The Morgan fingerprint density at radius 3 is 2.46 bits per heavy atom. The molecule has 0 saturated heterocycles. The van der Waals surface area contributed by atoms with Crippen molar-refractivity contribution in [1.82, 2.24) is 5.32 Å². The summed E-state index contributed by atoms with van der Waals surface area (Å²) >= 11 is 6.17. The molecule has 1 N–H and O–H groups in total. The number of hydrogen-bond acceptors (Lipinski definition) is 6. The third kappa shape index (κ3) is 8.66. The van der Waals surface area contributed by atoms with Crippen LogP contribution in [0.5, 0.6) is 17.2 Å². The first-order chi connectivity index (χ1) is 16.8. The highest BCUT2D eigenvalue weighted by Gasteiger charge is 2.13. The van der Waals surface area contributed by atoms with E-state index in [0.717, 1.165) is 29.0 Å². The van der Waals surface area contributed by atoms with Gasteiger partial charge in [0.05, 0.1) is 13.7 Å². The number of esters is 1. The topological polar surface area (TPSA) is 97.7 Å². The van der Waals surface area contributed by atoms with Crippen molar-refractivity contribution in [1.29, 1.82) is 5.26 Å². The zero-order chi connectivity index (χ0) is 25.8. The number of amides is 1. The molecule has 2 aromatic carbocycles. The molecule has 0 spiro atoms. The van der Waals surface area contributed by atoms with Crippen molar-refractivity contribution in [2.45, 2.75) is 46.5 Å². The summed E-state index contributed by atoms with van der Waals surface area (Å²) in [7, 11) is 1.45. The van der Waals surface area contributed by atoms with E-state index in [9.17, 15) is 14.9 Å². The van der Waals surface area contributed by atoms with E-state index in [0.29, 0.717) is 36.6 Å². The summed E-state index contributed by atoms with van der Waals surface area (Å²) in [4.78, 5) is 24.5. The number of aryl methyl sites for hydroxylation is 2. The fraction of sp³-hybridized carbons (Fsp3) is 0.370. The maximum Gasteiger partial charge on any atom is 0.311 e. The van der Waals surface area contributed by atoms with Crippen LogP contribution in [0.25, 0.3) is 6.08 Å². The van der Waals surface area contributed by atoms with Gasteiger partial charge in [0, 0.05) is 18.0 Å². The average Bonchev–Trinajstić information content (AvgIpc) is 2.84. The van der Waals surface area contributed by atoms with Gasteiger partial charge in [0.1, 0.15) is 17.4 Å². The highest BCUT2D eigenvalue weighted by molar-refractivity contribution is 6.32. The third-order valence-electron chi connectivity index (χ3n) is 5.11. The molecule has 0 fully saturated rings. The molecule has 0 saturated carbocycles. The first-order valence-electron chi connectivity index (χ1n) is 11.5. The SMILES string of the molecule is CCCCNC(=O)/C(C#N)=C/c1ccc(OC(=O)CCCOc2cc(C)c(Cl)c(C)c2)c(OC)c1. The van der Waals surface area contributed by atoms with Gasteiger partial charge in [-0.15, -0.1) is 0 Å². The molecule has 0 aliphatic heterocycles. The van der Waals surface area contributed by atoms with Gasteiger partial charge in [-0.25, -0.2) is 0 Å². The first kappa shape index (κ1) is 27.7. The normalized spacial score (nSPS) is 10.9. The van der Waals surface area contributed by atoms with Crippen molar-refractivity contribution in [3.8, 4) is 23.3 Å². The molecule has 0 aliphatic carbocycles. The maximum atomic E-state index is 12.3. The lowest BCUT2D eigenvalue weighted by molar-refractivity contribution is -0.134. The zero-order valence-corrected chi connectivity index (χ0v) is 21.3. The van der Waals surface area contributed by atoms with Crippen LogP contribution in [0.3, 0.4) is 0 Å². The Morgan fingerprint density at radius 1 is 1.11 bits per heavy atom. The van der Waals surface area contributed by atoms with E-state index in [2.05, 4.69) is 5.32 Å². The highest BCUT2D eigenvalue weighted by Crippen LogP contribution is 2.30. The number of halogens is 1. The number of methoxy groups -OCH3 is 1. The highest BCUT2D eigenvalue weighted by atomic mass is 35.5. The fourth-order valence-electron chi connectivity index (χ4n) is 3.22. The molecule has 8 heteroatoms. The molecule has 2 aromatic rings. The van der Waals surface area contributed by atoms with Gasteiger partial charge in [0.2, 0.25) is 0 Å². The van der Waals surface area contributed by atoms with Gasteiger partial charge in [-0.05, 0) is 73.7 Å². The number of rotatable bonds is 12. The Labute approximate surface area is 211 Å². The van der Waals surface area contributed by atoms with Gasteiger partial charge < -0.3 is 19.5 Å². The van der Waals surface area contributed by atoms with Crippen molar-refractivity contribution >= 4 is 29.6 Å². The molecule has 0 bridgehead atoms. The quantitative estimate of drug-likeness (QED) is 0.135. The molecule has 1 amide bonds. The van der Waals surface area contributed by atoms with Gasteiger partial charge in [-0.2, -0.15) is 5.26 Å². The number of carbonyl (C=O) groups is 2. The largest absolute Gasteiger partial charge is 0.494 e. The number of nitrogens with one attached hydrogen (secondary N) is 1. The Balaban J connectivity index is 1.94. The molecular formula is C27H31ClN2O5. The molecule has 35 heavy (non-hydrogen) atoms. The second-order valence-electron chi connectivity index (χ2n) is 7.99. The second-order valence-corrected chi connectivity index (χ2v) is 8.36. The van der Waals surface area contributed by atoms with Crippen LogP contribution < -0.4 is 19.5 Å². The van der Waals surface area contributed by atoms with Crippen LogP contribution in [0, 0.1) is 25.2 Å². The monoisotopic (exact) mass is 498 g/mol. The lowest BCUT2D eigenvalue weighted by Crippen LogP contribution is -2.25. The summed E-state index contributed by atoms with van der Waals surface area (Å²) in [5, 5.41) is 12.8. The molecule has 0 unspecified atom stereocenters. The molecule has 7 nitrogen and oxygen atoms in total. The minimum Gasteiger partial charge on any atom is -0.494 e. The number of benzene rings is 2. The summed E-state index contributed by atoms with van der Waals surface area (Å²) in [6.45, 7) is 6.71. The van der Waals surface area contributed by atoms with Crippen molar-refractivity contribution in [2.24, 2.45) is 0 Å². The fourth-order valence-corrected chi connectivity index (χ4v) is 3.33. The predicted octanol–water partition coefficient (Wildman–Crippen LogP) is 5.55. The molecule has 0 aromatic heterocycles. The van der Waals surface area contributed by atoms with Gasteiger partial charge in [-0.3, -0.25) is 9.59 Å². The zero-order valence-electron chi connectivity index (χ0n) is 20.6. The number of nitrogens with zero attached hydrogens (tertiary/aromatic N) is 1. The number of unbranched alkanes of at least 4 members (excludes halogenated alkanes) is 1. The van der Waals surface area contributed by atoms with E-state index in [1.165, 1.54) is 13.2 Å². The molecule has 0 aliphatic rings. The number of nitriles is 1. The molecule has 0 heterocycles. The molecular weight excluding hydrogens is 468 g/mol. The van der Waals surface area contributed by atoms with Crippen molar-refractivity contribution in [3.05, 3.63) is 57.6 Å². The number of hydrogen-bond donors (Lipinski definition) is 1. The van der Waals surface area contributed by atoms with Crippen molar-refractivity contribution in [2.75, 3.05) is 20.3 Å². The maximum absolute atomic E-state index is 12.3. The van der Waals surface area contributed by atoms with Crippen LogP contribution in [0.2, 0.25) is 5.02 Å². The van der Waals surface area contributed by atoms with Crippen LogP contribution in [-0.4, -0.2) is 32.1 Å². The second kappa shape index (κ2) is 14.0. The van der Waals surface area contributed by atoms with Crippen molar-refractivity contribution in [3.63, 3.8) is 0 Å². The molecule has 186 valence electrons. The summed E-state index contributed by atoms with van der Waals surface area (Å²) < 4.78 is 16.5. The van der Waals surface area contributed by atoms with Crippen LogP contribution in [-0.2, 0) is 9.59 Å². The standard InChI is InChI=1S/C27H31ClN2O5/c1-5-6-11-30-27(32)21(17-29)15-20-9-10-23(24(16-20)33-4)35-25(31)8-7-12-34-22-13-18(2)26(28)19(3)14-22/h9-10,13-16H,5-8,11-12H2,1-4H3,(H,30,32)/b21-15+. The Kier molecular flexibility index (Phi) is 11.1. The van der Waals surface area contributed by atoms with Crippen molar-refractivity contribution < 1.29 is 23.8 Å². The first-order valence-corrected chi connectivity index (χ1v) is 11.8. The minimum absolute atomic E-state index is 0.0148. The molecule has 2 rings (SSSR count). The van der Waals surface area contributed by atoms with E-state index in [-0.39, 0.29) is 17.7 Å². The van der Waals surface area contributed by atoms with Gasteiger partial charge in [0.15, 0.2) is 11.5 Å². The lowest BCUT2D eigenvalue weighted by Gasteiger charge is -2.11. The number of ether oxygens (including phenoxy) is 3. The number of carbonyl (C=O) groups excluding carboxylic acids is 2. The Morgan fingerprint density at radius 2 is 1.83 bits per heavy atom. The van der Waals surface area contributed by atoms with E-state index in [4.69, 9.17) is 25.8 Å². The van der Waals surface area contributed by atoms with Gasteiger partial charge in [0.25, 0.3) is 5.91 Å². The van der Waals surface area contributed by atoms with E-state index >= 15 is 0 Å².